The smallest absolute Gasteiger partial charge is 0.262 e. The maximum Gasteiger partial charge on any atom is 0.262 e. The van der Waals surface area contributed by atoms with Crippen LogP contribution < -0.4 is 16.0 Å². The molecule has 2 aromatic rings. The number of carbonyl (C=O) groups is 2. The quantitative estimate of drug-likeness (QED) is 0.699. The largest absolute Gasteiger partial charge is 0.353 e. The molecule has 0 saturated carbocycles. The predicted molar refractivity (Wildman–Crippen MR) is 96.4 cm³/mol. The van der Waals surface area contributed by atoms with Gasteiger partial charge in [0.1, 0.15) is 10.9 Å². The number of amides is 2. The van der Waals surface area contributed by atoms with Gasteiger partial charge >= 0.3 is 0 Å². The molecule has 2 atom stereocenters. The first-order chi connectivity index (χ1) is 11.3. The van der Waals surface area contributed by atoms with Crippen molar-refractivity contribution >= 4 is 33.4 Å². The third-order valence-electron chi connectivity index (χ3n) is 3.80. The van der Waals surface area contributed by atoms with Gasteiger partial charge in [-0.2, -0.15) is 5.10 Å². The van der Waals surface area contributed by atoms with Crippen LogP contribution in [0.15, 0.2) is 6.07 Å². The molecule has 2 aromatic heterocycles. The highest BCUT2D eigenvalue weighted by Gasteiger charge is 2.20. The molecule has 24 heavy (non-hydrogen) atoms. The van der Waals surface area contributed by atoms with Crippen molar-refractivity contribution < 1.29 is 9.59 Å². The topological polar surface area (TPSA) is 88.0 Å². The van der Waals surface area contributed by atoms with Gasteiger partial charge < -0.3 is 16.0 Å². The van der Waals surface area contributed by atoms with Crippen molar-refractivity contribution in [3.8, 4) is 0 Å². The van der Waals surface area contributed by atoms with Gasteiger partial charge in [0, 0.05) is 25.0 Å². The first-order valence-corrected chi connectivity index (χ1v) is 8.90. The van der Waals surface area contributed by atoms with E-state index in [4.69, 9.17) is 0 Å². The molecule has 3 N–H and O–H groups in total. The highest BCUT2D eigenvalue weighted by Crippen LogP contribution is 2.27. The van der Waals surface area contributed by atoms with Crippen molar-refractivity contribution in [3.63, 3.8) is 0 Å². The van der Waals surface area contributed by atoms with Crippen LogP contribution in [-0.2, 0) is 11.8 Å². The maximum absolute atomic E-state index is 12.4. The molecule has 0 aliphatic heterocycles. The molecular weight excluding hydrogens is 326 g/mol. The molecule has 7 nitrogen and oxygen atoms in total. The van der Waals surface area contributed by atoms with Crippen LogP contribution in [0.3, 0.4) is 0 Å². The van der Waals surface area contributed by atoms with Gasteiger partial charge in [0.05, 0.1) is 10.6 Å². The maximum atomic E-state index is 12.4. The predicted octanol–water partition coefficient (Wildman–Crippen LogP) is 1.18. The van der Waals surface area contributed by atoms with Crippen molar-refractivity contribution in [2.45, 2.75) is 39.8 Å². The average Bonchev–Trinajstić information content (AvgIpc) is 3.07. The van der Waals surface area contributed by atoms with E-state index >= 15 is 0 Å². The summed E-state index contributed by atoms with van der Waals surface area (Å²) in [6, 6.07) is 1.44. The number of carbonyl (C=O) groups excluding carboxylic acids is 2. The van der Waals surface area contributed by atoms with E-state index in [1.165, 1.54) is 11.3 Å². The number of nitrogens with one attached hydrogen (secondary N) is 3. The number of rotatable bonds is 7. The number of aromatic nitrogens is 2. The van der Waals surface area contributed by atoms with Gasteiger partial charge in [-0.1, -0.05) is 6.92 Å². The lowest BCUT2D eigenvalue weighted by atomic mass is 10.2. The second-order valence-corrected chi connectivity index (χ2v) is 6.97. The monoisotopic (exact) mass is 351 g/mol. The van der Waals surface area contributed by atoms with Crippen LogP contribution in [0.25, 0.3) is 10.2 Å². The molecule has 0 spiro atoms. The fourth-order valence-corrected chi connectivity index (χ4v) is 3.50. The third-order valence-corrected chi connectivity index (χ3v) is 5.00. The Balaban J connectivity index is 1.94. The molecule has 0 fully saturated rings. The zero-order valence-corrected chi connectivity index (χ0v) is 15.6. The Labute approximate surface area is 145 Å². The van der Waals surface area contributed by atoms with E-state index in [9.17, 15) is 9.59 Å². The van der Waals surface area contributed by atoms with E-state index in [1.807, 2.05) is 33.9 Å². The Morgan fingerprint density at radius 1 is 1.38 bits per heavy atom. The van der Waals surface area contributed by atoms with Gasteiger partial charge in [0.2, 0.25) is 5.91 Å². The van der Waals surface area contributed by atoms with Gasteiger partial charge in [-0.3, -0.25) is 14.3 Å². The van der Waals surface area contributed by atoms with Crippen LogP contribution in [0, 0.1) is 6.92 Å². The summed E-state index contributed by atoms with van der Waals surface area (Å²) < 4.78 is 1.77. The number of hydrogen-bond acceptors (Lipinski definition) is 5. The number of hydrogen-bond donors (Lipinski definition) is 3. The van der Waals surface area contributed by atoms with E-state index in [1.54, 1.807) is 11.6 Å². The number of thiophene rings is 1. The molecular formula is C16H25N5O2S. The van der Waals surface area contributed by atoms with Crippen molar-refractivity contribution in [2.75, 3.05) is 13.1 Å². The zero-order chi connectivity index (χ0) is 17.9. The van der Waals surface area contributed by atoms with Gasteiger partial charge in [0.15, 0.2) is 0 Å². The highest BCUT2D eigenvalue weighted by atomic mass is 32.1. The van der Waals surface area contributed by atoms with Crippen LogP contribution in [0.5, 0.6) is 0 Å². The summed E-state index contributed by atoms with van der Waals surface area (Å²) >= 11 is 1.38. The Hall–Kier alpha value is -1.93. The Morgan fingerprint density at radius 3 is 2.71 bits per heavy atom. The minimum absolute atomic E-state index is 0.188. The molecule has 0 radical (unpaired) electrons. The highest BCUT2D eigenvalue weighted by molar-refractivity contribution is 7.20. The minimum Gasteiger partial charge on any atom is -0.353 e. The SMILES string of the molecule is CCN[C@H](C)CNC(=O)C(C)NC(=O)c1cc2c(C)nn(C)c2s1. The molecule has 2 heterocycles. The first kappa shape index (κ1) is 18.4. The van der Waals surface area contributed by atoms with Gasteiger partial charge in [-0.15, -0.1) is 11.3 Å². The summed E-state index contributed by atoms with van der Waals surface area (Å²) in [6.45, 7) is 9.00. The van der Waals surface area contributed by atoms with Crippen LogP contribution in [-0.4, -0.2) is 46.8 Å². The number of aryl methyl sites for hydroxylation is 2. The number of fused-ring (bicyclic) bond motifs is 1. The van der Waals surface area contributed by atoms with Crippen LogP contribution in [0.2, 0.25) is 0 Å². The molecule has 0 bridgehead atoms. The summed E-state index contributed by atoms with van der Waals surface area (Å²) in [5.74, 6) is -0.426. The van der Waals surface area contributed by atoms with E-state index in [0.29, 0.717) is 11.4 Å². The van der Waals surface area contributed by atoms with E-state index in [2.05, 4.69) is 21.0 Å². The standard InChI is InChI=1S/C16H25N5O2S/c1-6-17-9(2)8-18-14(22)11(4)19-15(23)13-7-12-10(3)20-21(5)16(12)24-13/h7,9,11,17H,6,8H2,1-5H3,(H,18,22)(H,19,23)/t9-,11?/m1/s1. The second-order valence-electron chi connectivity index (χ2n) is 5.94. The Bertz CT molecular complexity index is 702. The van der Waals surface area contributed by atoms with Crippen molar-refractivity contribution in [3.05, 3.63) is 16.6 Å². The van der Waals surface area contributed by atoms with Crippen molar-refractivity contribution in [2.24, 2.45) is 7.05 Å². The average molecular weight is 351 g/mol. The lowest BCUT2D eigenvalue weighted by molar-refractivity contribution is -0.122. The van der Waals surface area contributed by atoms with E-state index < -0.39 is 6.04 Å². The molecule has 2 amide bonds. The molecule has 1 unspecified atom stereocenters. The molecule has 132 valence electrons. The molecule has 0 aliphatic rings. The van der Waals surface area contributed by atoms with Crippen LogP contribution in [0.1, 0.15) is 36.1 Å². The van der Waals surface area contributed by atoms with Gasteiger partial charge in [-0.05, 0) is 33.4 Å². The minimum atomic E-state index is -0.587. The number of nitrogens with zero attached hydrogens (tertiary/aromatic N) is 2. The summed E-state index contributed by atoms with van der Waals surface area (Å²) in [4.78, 5) is 26.0. The Morgan fingerprint density at radius 2 is 2.08 bits per heavy atom. The second kappa shape index (κ2) is 7.76. The molecule has 0 aromatic carbocycles. The summed E-state index contributed by atoms with van der Waals surface area (Å²) in [5.41, 5.74) is 0.894. The molecule has 0 aliphatic carbocycles. The summed E-state index contributed by atoms with van der Waals surface area (Å²) in [5, 5.41) is 14.1. The van der Waals surface area contributed by atoms with E-state index in [-0.39, 0.29) is 17.9 Å². The third kappa shape index (κ3) is 4.12. The summed E-state index contributed by atoms with van der Waals surface area (Å²) in [7, 11) is 1.86. The zero-order valence-electron chi connectivity index (χ0n) is 14.8. The van der Waals surface area contributed by atoms with Gasteiger partial charge in [-0.25, -0.2) is 0 Å². The molecule has 0 saturated heterocycles. The van der Waals surface area contributed by atoms with Crippen molar-refractivity contribution in [1.82, 2.24) is 25.7 Å². The van der Waals surface area contributed by atoms with Crippen molar-refractivity contribution in [1.29, 1.82) is 0 Å². The van der Waals surface area contributed by atoms with E-state index in [0.717, 1.165) is 22.5 Å². The lowest BCUT2D eigenvalue weighted by Crippen LogP contribution is -2.48. The first-order valence-electron chi connectivity index (χ1n) is 8.08. The normalized spacial score (nSPS) is 13.7. The molecule has 2 rings (SSSR count). The Kier molecular flexibility index (Phi) is 5.95. The fraction of sp³-hybridized carbons (Fsp3) is 0.562. The van der Waals surface area contributed by atoms with Crippen LogP contribution in [0.4, 0.5) is 0 Å². The fourth-order valence-electron chi connectivity index (χ4n) is 2.48. The summed E-state index contributed by atoms with van der Waals surface area (Å²) in [6.07, 6.45) is 0. The number of likely N-dealkylation sites (N-methyl/N-ethyl adjacent to an activating group) is 1. The van der Waals surface area contributed by atoms with Crippen LogP contribution >= 0.6 is 11.3 Å². The molecule has 8 heteroatoms. The lowest BCUT2D eigenvalue weighted by Gasteiger charge is -2.17. The van der Waals surface area contributed by atoms with Gasteiger partial charge in [0.25, 0.3) is 5.91 Å².